The second-order valence-corrected chi connectivity index (χ2v) is 9.32. The van der Waals surface area contributed by atoms with Crippen LogP contribution in [0.4, 0.5) is 5.13 Å². The van der Waals surface area contributed by atoms with Gasteiger partial charge < -0.3 is 0 Å². The molecule has 144 valence electrons. The molecule has 1 heterocycles. The van der Waals surface area contributed by atoms with E-state index in [1.165, 1.54) is 11.3 Å². The molecule has 6 heteroatoms. The Morgan fingerprint density at radius 1 is 1.00 bits per heavy atom. The molecule has 2 aromatic carbocycles. The zero-order valence-corrected chi connectivity index (χ0v) is 16.9. The number of rotatable bonds is 2. The van der Waals surface area contributed by atoms with Crippen LogP contribution in [0.3, 0.4) is 0 Å². The van der Waals surface area contributed by atoms with Crippen molar-refractivity contribution in [1.82, 2.24) is 4.98 Å². The van der Waals surface area contributed by atoms with Crippen LogP contribution in [0.2, 0.25) is 0 Å². The SMILES string of the molecule is CC1(C)CC(=O)c2sc(NC(=O)c3ccc4c(c3)C(=O)c3ccccc3-4)nc2C1. The van der Waals surface area contributed by atoms with Crippen molar-refractivity contribution < 1.29 is 14.4 Å². The number of thiazole rings is 1. The molecule has 29 heavy (non-hydrogen) atoms. The van der Waals surface area contributed by atoms with E-state index in [1.54, 1.807) is 18.2 Å². The van der Waals surface area contributed by atoms with Crippen molar-refractivity contribution in [3.8, 4) is 11.1 Å². The highest BCUT2D eigenvalue weighted by Gasteiger charge is 2.34. The summed E-state index contributed by atoms with van der Waals surface area (Å²) >= 11 is 1.22. The molecular formula is C23H18N2O3S. The molecule has 5 nitrogen and oxygen atoms in total. The molecule has 1 aromatic heterocycles. The molecule has 0 unspecified atom stereocenters. The van der Waals surface area contributed by atoms with Crippen molar-refractivity contribution in [2.24, 2.45) is 5.41 Å². The third kappa shape index (κ3) is 2.91. The molecule has 0 saturated heterocycles. The van der Waals surface area contributed by atoms with Crippen LogP contribution < -0.4 is 5.32 Å². The van der Waals surface area contributed by atoms with Crippen molar-refractivity contribution in [3.63, 3.8) is 0 Å². The molecule has 0 bridgehead atoms. The molecule has 0 aliphatic heterocycles. The molecule has 5 rings (SSSR count). The minimum Gasteiger partial charge on any atom is -0.298 e. The van der Waals surface area contributed by atoms with Crippen molar-refractivity contribution in [1.29, 1.82) is 0 Å². The Morgan fingerprint density at radius 2 is 1.72 bits per heavy atom. The Hall–Kier alpha value is -3.12. The van der Waals surface area contributed by atoms with Gasteiger partial charge in [-0.05, 0) is 35.1 Å². The quantitative estimate of drug-likeness (QED) is 0.524. The monoisotopic (exact) mass is 402 g/mol. The van der Waals surface area contributed by atoms with Crippen LogP contribution in [0.5, 0.6) is 0 Å². The highest BCUT2D eigenvalue weighted by atomic mass is 32.1. The summed E-state index contributed by atoms with van der Waals surface area (Å²) in [6.07, 6.45) is 1.20. The lowest BCUT2D eigenvalue weighted by atomic mass is 9.78. The largest absolute Gasteiger partial charge is 0.298 e. The fourth-order valence-corrected chi connectivity index (χ4v) is 5.03. The Morgan fingerprint density at radius 3 is 2.52 bits per heavy atom. The van der Waals surface area contributed by atoms with Gasteiger partial charge in [0.15, 0.2) is 16.7 Å². The normalized spacial score (nSPS) is 16.2. The number of carbonyl (C=O) groups excluding carboxylic acids is 3. The van der Waals surface area contributed by atoms with Crippen molar-refractivity contribution in [3.05, 3.63) is 69.7 Å². The minimum atomic E-state index is -0.339. The predicted molar refractivity (Wildman–Crippen MR) is 112 cm³/mol. The Balaban J connectivity index is 1.42. The van der Waals surface area contributed by atoms with E-state index in [4.69, 9.17) is 0 Å². The van der Waals surface area contributed by atoms with E-state index in [-0.39, 0.29) is 22.9 Å². The minimum absolute atomic E-state index is 0.0669. The molecule has 3 aromatic rings. The summed E-state index contributed by atoms with van der Waals surface area (Å²) in [7, 11) is 0. The molecule has 0 saturated carbocycles. The van der Waals surface area contributed by atoms with Crippen molar-refractivity contribution >= 4 is 33.9 Å². The van der Waals surface area contributed by atoms with E-state index in [2.05, 4.69) is 10.3 Å². The number of Topliss-reactive ketones (excluding diaryl/α,β-unsaturated/α-hetero) is 1. The lowest BCUT2D eigenvalue weighted by Crippen LogP contribution is -2.26. The number of hydrogen-bond donors (Lipinski definition) is 1. The van der Waals surface area contributed by atoms with Gasteiger partial charge in [-0.3, -0.25) is 19.7 Å². The molecule has 0 fully saturated rings. The summed E-state index contributed by atoms with van der Waals surface area (Å²) in [5.74, 6) is -0.327. The number of amides is 1. The second-order valence-electron chi connectivity index (χ2n) is 8.32. The molecular weight excluding hydrogens is 384 g/mol. The van der Waals surface area contributed by atoms with Crippen LogP contribution in [0, 0.1) is 5.41 Å². The fraction of sp³-hybridized carbons (Fsp3) is 0.217. The highest BCUT2D eigenvalue weighted by Crippen LogP contribution is 2.39. The van der Waals surface area contributed by atoms with E-state index < -0.39 is 0 Å². The summed E-state index contributed by atoms with van der Waals surface area (Å²) in [5.41, 5.74) is 3.97. The molecule has 1 N–H and O–H groups in total. The number of hydrogen-bond acceptors (Lipinski definition) is 5. The number of fused-ring (bicyclic) bond motifs is 4. The third-order valence-corrected chi connectivity index (χ3v) is 6.50. The summed E-state index contributed by atoms with van der Waals surface area (Å²) < 4.78 is 0. The first-order valence-electron chi connectivity index (χ1n) is 9.45. The number of ketones is 2. The first kappa shape index (κ1) is 17.9. The number of nitrogens with zero attached hydrogens (tertiary/aromatic N) is 1. The number of anilines is 1. The van der Waals surface area contributed by atoms with E-state index in [0.717, 1.165) is 16.8 Å². The zero-order chi connectivity index (χ0) is 20.3. The summed E-state index contributed by atoms with van der Waals surface area (Å²) in [4.78, 5) is 42.9. The molecule has 0 atom stereocenters. The zero-order valence-electron chi connectivity index (χ0n) is 16.0. The number of aromatic nitrogens is 1. The summed E-state index contributed by atoms with van der Waals surface area (Å²) in [6, 6.07) is 12.6. The van der Waals surface area contributed by atoms with Crippen LogP contribution in [0.15, 0.2) is 42.5 Å². The molecule has 2 aliphatic rings. The first-order chi connectivity index (χ1) is 13.8. The van der Waals surface area contributed by atoms with Crippen molar-refractivity contribution in [2.75, 3.05) is 5.32 Å². The van der Waals surface area contributed by atoms with Crippen LogP contribution in [0.1, 0.15) is 61.9 Å². The average Bonchev–Trinajstić information content (AvgIpc) is 3.20. The lowest BCUT2D eigenvalue weighted by molar-refractivity contribution is 0.0915. The van der Waals surface area contributed by atoms with Crippen LogP contribution in [-0.2, 0) is 6.42 Å². The molecule has 2 aliphatic carbocycles. The number of carbonyl (C=O) groups is 3. The van der Waals surface area contributed by atoms with Gasteiger partial charge in [-0.15, -0.1) is 0 Å². The van der Waals surface area contributed by atoms with Gasteiger partial charge >= 0.3 is 0 Å². The van der Waals surface area contributed by atoms with Gasteiger partial charge in [-0.25, -0.2) is 4.98 Å². The summed E-state index contributed by atoms with van der Waals surface area (Å²) in [5, 5.41) is 3.21. The fourth-order valence-electron chi connectivity index (χ4n) is 4.11. The number of benzene rings is 2. The van der Waals surface area contributed by atoms with Gasteiger partial charge in [-0.1, -0.05) is 55.5 Å². The molecule has 0 radical (unpaired) electrons. The van der Waals surface area contributed by atoms with Crippen molar-refractivity contribution in [2.45, 2.75) is 26.7 Å². The molecule has 0 spiro atoms. The topological polar surface area (TPSA) is 76.1 Å². The van der Waals surface area contributed by atoms with Gasteiger partial charge in [0.25, 0.3) is 5.91 Å². The Kier molecular flexibility index (Phi) is 3.83. The maximum absolute atomic E-state index is 12.8. The Labute approximate surface area is 171 Å². The van der Waals surface area contributed by atoms with Gasteiger partial charge in [0.1, 0.15) is 0 Å². The Bertz CT molecular complexity index is 1220. The molecule has 1 amide bonds. The average molecular weight is 402 g/mol. The maximum Gasteiger partial charge on any atom is 0.257 e. The summed E-state index contributed by atoms with van der Waals surface area (Å²) in [6.45, 7) is 4.09. The van der Waals surface area contributed by atoms with Crippen LogP contribution >= 0.6 is 11.3 Å². The lowest BCUT2D eigenvalue weighted by Gasteiger charge is -2.26. The van der Waals surface area contributed by atoms with Crippen LogP contribution in [-0.4, -0.2) is 22.5 Å². The second kappa shape index (κ2) is 6.19. The smallest absolute Gasteiger partial charge is 0.257 e. The van der Waals surface area contributed by atoms with Crippen LogP contribution in [0.25, 0.3) is 11.1 Å². The predicted octanol–water partition coefficient (Wildman–Crippen LogP) is 4.76. The van der Waals surface area contributed by atoms with E-state index in [0.29, 0.717) is 39.5 Å². The van der Waals surface area contributed by atoms with E-state index >= 15 is 0 Å². The first-order valence-corrected chi connectivity index (χ1v) is 10.3. The highest BCUT2D eigenvalue weighted by molar-refractivity contribution is 7.17. The van der Waals surface area contributed by atoms with E-state index in [9.17, 15) is 14.4 Å². The van der Waals surface area contributed by atoms with Gasteiger partial charge in [0.05, 0.1) is 10.6 Å². The van der Waals surface area contributed by atoms with Gasteiger partial charge in [-0.2, -0.15) is 0 Å². The van der Waals surface area contributed by atoms with Gasteiger partial charge in [0, 0.05) is 23.1 Å². The maximum atomic E-state index is 12.8. The van der Waals surface area contributed by atoms with E-state index in [1.807, 2.05) is 38.1 Å². The third-order valence-electron chi connectivity index (χ3n) is 5.44. The standard InChI is InChI=1S/C23H18N2O3S/c1-23(2)10-17-20(18(26)11-23)29-22(24-17)25-21(28)12-7-8-14-13-5-3-4-6-15(13)19(27)16(14)9-12/h3-9H,10-11H2,1-2H3,(H,24,25,28). The van der Waals surface area contributed by atoms with Gasteiger partial charge in [0.2, 0.25) is 0 Å². The number of nitrogens with one attached hydrogen (secondary N) is 1.